The average Bonchev–Trinajstić information content (AvgIpc) is 2.81. The van der Waals surface area contributed by atoms with E-state index < -0.39 is 17.8 Å². The molecular formula is C24H21N3O5. The Labute approximate surface area is 184 Å². The summed E-state index contributed by atoms with van der Waals surface area (Å²) in [7, 11) is 1.55. The first-order valence-electron chi connectivity index (χ1n) is 9.62. The van der Waals surface area contributed by atoms with Crippen LogP contribution in [0.4, 0.5) is 5.69 Å². The van der Waals surface area contributed by atoms with E-state index in [4.69, 9.17) is 9.47 Å². The van der Waals surface area contributed by atoms with Crippen molar-refractivity contribution in [2.75, 3.05) is 12.4 Å². The number of esters is 1. The van der Waals surface area contributed by atoms with Gasteiger partial charge in [-0.25, -0.2) is 10.2 Å². The van der Waals surface area contributed by atoms with Gasteiger partial charge in [0.15, 0.2) is 0 Å². The number of carbonyl (C=O) groups excluding carboxylic acids is 3. The first kappa shape index (κ1) is 22.2. The van der Waals surface area contributed by atoms with E-state index in [1.54, 1.807) is 67.8 Å². The fourth-order valence-electron chi connectivity index (χ4n) is 2.56. The Morgan fingerprint density at radius 2 is 1.44 bits per heavy atom. The number of hydrazone groups is 1. The number of nitrogens with zero attached hydrogens (tertiary/aromatic N) is 1. The first-order chi connectivity index (χ1) is 15.4. The van der Waals surface area contributed by atoms with Gasteiger partial charge in [0.2, 0.25) is 0 Å². The lowest BCUT2D eigenvalue weighted by Gasteiger charge is -2.06. The van der Waals surface area contributed by atoms with Gasteiger partial charge < -0.3 is 14.8 Å². The summed E-state index contributed by atoms with van der Waals surface area (Å²) in [5.41, 5.74) is 4.74. The summed E-state index contributed by atoms with van der Waals surface area (Å²) >= 11 is 0. The number of hydrogen-bond acceptors (Lipinski definition) is 6. The smallest absolute Gasteiger partial charge is 0.343 e. The number of aryl methyl sites for hydroxylation is 1. The molecule has 0 aromatic heterocycles. The summed E-state index contributed by atoms with van der Waals surface area (Å²) in [4.78, 5) is 35.9. The molecule has 2 N–H and O–H groups in total. The van der Waals surface area contributed by atoms with Crippen LogP contribution in [0.15, 0.2) is 77.9 Å². The second-order valence-corrected chi connectivity index (χ2v) is 6.71. The lowest BCUT2D eigenvalue weighted by Crippen LogP contribution is -2.32. The summed E-state index contributed by atoms with van der Waals surface area (Å²) < 4.78 is 10.4. The van der Waals surface area contributed by atoms with Gasteiger partial charge in [0.1, 0.15) is 11.5 Å². The number of carbonyl (C=O) groups is 3. The fourth-order valence-corrected chi connectivity index (χ4v) is 2.56. The highest BCUT2D eigenvalue weighted by molar-refractivity contribution is 6.39. The molecule has 0 aliphatic rings. The minimum Gasteiger partial charge on any atom is -0.497 e. The molecule has 3 aromatic carbocycles. The van der Waals surface area contributed by atoms with Gasteiger partial charge in [-0.1, -0.05) is 17.7 Å². The molecule has 8 nitrogen and oxygen atoms in total. The average molecular weight is 431 g/mol. The van der Waals surface area contributed by atoms with E-state index in [2.05, 4.69) is 15.8 Å². The predicted octanol–water partition coefficient (Wildman–Crippen LogP) is 3.31. The molecule has 0 aliphatic heterocycles. The van der Waals surface area contributed by atoms with Gasteiger partial charge in [-0.3, -0.25) is 9.59 Å². The molecule has 0 spiro atoms. The monoisotopic (exact) mass is 431 g/mol. The maximum Gasteiger partial charge on any atom is 0.343 e. The van der Waals surface area contributed by atoms with Crippen LogP contribution in [0.1, 0.15) is 21.5 Å². The van der Waals surface area contributed by atoms with Crippen molar-refractivity contribution in [3.63, 3.8) is 0 Å². The second-order valence-electron chi connectivity index (χ2n) is 6.71. The van der Waals surface area contributed by atoms with Crippen LogP contribution in [0.5, 0.6) is 11.5 Å². The highest BCUT2D eigenvalue weighted by Crippen LogP contribution is 2.16. The zero-order valence-corrected chi connectivity index (χ0v) is 17.5. The summed E-state index contributed by atoms with van der Waals surface area (Å²) in [5.74, 6) is -1.23. The number of nitrogens with one attached hydrogen (secondary N) is 2. The quantitative estimate of drug-likeness (QED) is 0.205. The molecule has 0 aliphatic carbocycles. The maximum atomic E-state index is 12.2. The fraction of sp³-hybridized carbons (Fsp3) is 0.0833. The van der Waals surface area contributed by atoms with Crippen molar-refractivity contribution < 1.29 is 23.9 Å². The van der Waals surface area contributed by atoms with Crippen LogP contribution in [0.25, 0.3) is 0 Å². The summed E-state index contributed by atoms with van der Waals surface area (Å²) in [6, 6.07) is 20.1. The maximum absolute atomic E-state index is 12.2. The van der Waals surface area contributed by atoms with Crippen molar-refractivity contribution in [2.45, 2.75) is 6.92 Å². The van der Waals surface area contributed by atoms with Crippen molar-refractivity contribution >= 4 is 29.7 Å². The predicted molar refractivity (Wildman–Crippen MR) is 120 cm³/mol. The van der Waals surface area contributed by atoms with E-state index in [9.17, 15) is 14.4 Å². The molecular weight excluding hydrogens is 410 g/mol. The number of amides is 2. The number of hydrogen-bond donors (Lipinski definition) is 2. The van der Waals surface area contributed by atoms with Crippen LogP contribution in [0.2, 0.25) is 0 Å². The minimum atomic E-state index is -0.896. The number of ether oxygens (including phenoxy) is 2. The Kier molecular flexibility index (Phi) is 7.32. The van der Waals surface area contributed by atoms with E-state index in [1.807, 2.05) is 19.1 Å². The molecule has 2 amide bonds. The minimum absolute atomic E-state index is 0.351. The number of anilines is 1. The van der Waals surface area contributed by atoms with Crippen molar-refractivity contribution in [2.24, 2.45) is 5.10 Å². The molecule has 0 saturated heterocycles. The Morgan fingerprint density at radius 1 is 0.812 bits per heavy atom. The number of benzene rings is 3. The van der Waals surface area contributed by atoms with Gasteiger partial charge in [0.05, 0.1) is 18.9 Å². The highest BCUT2D eigenvalue weighted by Gasteiger charge is 2.12. The molecule has 8 heteroatoms. The molecule has 0 fully saturated rings. The zero-order chi connectivity index (χ0) is 22.9. The van der Waals surface area contributed by atoms with Gasteiger partial charge in [0.25, 0.3) is 0 Å². The van der Waals surface area contributed by atoms with Gasteiger partial charge in [-0.05, 0) is 73.2 Å². The Bertz CT molecular complexity index is 1120. The number of methoxy groups -OCH3 is 1. The van der Waals surface area contributed by atoms with E-state index in [-0.39, 0.29) is 0 Å². The Morgan fingerprint density at radius 3 is 2.06 bits per heavy atom. The van der Waals surface area contributed by atoms with Gasteiger partial charge in [-0.2, -0.15) is 5.10 Å². The molecule has 0 atom stereocenters. The van der Waals surface area contributed by atoms with Crippen LogP contribution in [-0.4, -0.2) is 31.1 Å². The van der Waals surface area contributed by atoms with E-state index in [0.29, 0.717) is 28.3 Å². The summed E-state index contributed by atoms with van der Waals surface area (Å²) in [6.45, 7) is 1.92. The summed E-state index contributed by atoms with van der Waals surface area (Å²) in [5, 5.41) is 6.25. The normalized spacial score (nSPS) is 10.4. The SMILES string of the molecule is COc1ccc(C(=O)Oc2ccc(/C=N/NC(=O)C(=O)Nc3ccc(C)cc3)cc2)cc1. The zero-order valence-electron chi connectivity index (χ0n) is 17.5. The Hall–Kier alpha value is -4.46. The van der Waals surface area contributed by atoms with Crippen LogP contribution in [0.3, 0.4) is 0 Å². The third-order valence-corrected chi connectivity index (χ3v) is 4.31. The molecule has 0 radical (unpaired) electrons. The first-order valence-corrected chi connectivity index (χ1v) is 9.62. The van der Waals surface area contributed by atoms with Crippen molar-refractivity contribution in [1.82, 2.24) is 5.43 Å². The van der Waals surface area contributed by atoms with Crippen molar-refractivity contribution in [3.8, 4) is 11.5 Å². The lowest BCUT2D eigenvalue weighted by atomic mass is 10.2. The van der Waals surface area contributed by atoms with Crippen LogP contribution in [0, 0.1) is 6.92 Å². The molecule has 0 unspecified atom stereocenters. The van der Waals surface area contributed by atoms with Crippen LogP contribution in [-0.2, 0) is 9.59 Å². The molecule has 0 heterocycles. The molecule has 32 heavy (non-hydrogen) atoms. The van der Waals surface area contributed by atoms with Gasteiger partial charge in [-0.15, -0.1) is 0 Å². The third-order valence-electron chi connectivity index (χ3n) is 4.31. The van der Waals surface area contributed by atoms with Crippen molar-refractivity contribution in [3.05, 3.63) is 89.5 Å². The van der Waals surface area contributed by atoms with Crippen LogP contribution >= 0.6 is 0 Å². The molecule has 3 aromatic rings. The van der Waals surface area contributed by atoms with Crippen LogP contribution < -0.4 is 20.2 Å². The molecule has 162 valence electrons. The summed E-state index contributed by atoms with van der Waals surface area (Å²) in [6.07, 6.45) is 1.37. The van der Waals surface area contributed by atoms with Gasteiger partial charge >= 0.3 is 17.8 Å². The van der Waals surface area contributed by atoms with E-state index >= 15 is 0 Å². The second kappa shape index (κ2) is 10.5. The van der Waals surface area contributed by atoms with Gasteiger partial charge in [0, 0.05) is 5.69 Å². The standard InChI is InChI=1S/C24H21N3O5/c1-16-3-9-19(10-4-16)26-22(28)23(29)27-25-15-17-5-11-21(12-6-17)32-24(30)18-7-13-20(31-2)14-8-18/h3-15H,1-2H3,(H,26,28)(H,27,29)/b25-15+. The topological polar surface area (TPSA) is 106 Å². The molecule has 3 rings (SSSR count). The number of rotatable bonds is 6. The Balaban J connectivity index is 1.49. The van der Waals surface area contributed by atoms with E-state index in [1.165, 1.54) is 6.21 Å². The highest BCUT2D eigenvalue weighted by atomic mass is 16.5. The largest absolute Gasteiger partial charge is 0.497 e. The molecule has 0 bridgehead atoms. The third kappa shape index (κ3) is 6.27. The van der Waals surface area contributed by atoms with Crippen molar-refractivity contribution in [1.29, 1.82) is 0 Å². The molecule has 0 saturated carbocycles. The van der Waals surface area contributed by atoms with E-state index in [0.717, 1.165) is 5.56 Å². The lowest BCUT2D eigenvalue weighted by molar-refractivity contribution is -0.136.